The van der Waals surface area contributed by atoms with Crippen LogP contribution in [0, 0.1) is 5.82 Å². The van der Waals surface area contributed by atoms with E-state index in [-0.39, 0.29) is 18.3 Å². The highest BCUT2D eigenvalue weighted by Gasteiger charge is 2.30. The van der Waals surface area contributed by atoms with Crippen LogP contribution in [0.2, 0.25) is 0 Å². The van der Waals surface area contributed by atoms with E-state index in [0.717, 1.165) is 5.56 Å². The molecule has 4 rings (SSSR count). The average molecular weight is 535 g/mol. The molecule has 0 radical (unpaired) electrons. The Morgan fingerprint density at radius 2 is 1.79 bits per heavy atom. The third-order valence-electron chi connectivity index (χ3n) is 5.46. The first-order chi connectivity index (χ1) is 18.4. The first kappa shape index (κ1) is 26.9. The SMILES string of the molecule is CCOC(=O)c1ccc(N=C2S/C(=C\c3ccc(OCc4cccc(F)c4)c(OCC)c3)C(=O)N2C)cc1. The van der Waals surface area contributed by atoms with Crippen LogP contribution in [0.15, 0.2) is 76.6 Å². The number of carbonyl (C=O) groups excluding carboxylic acids is 2. The molecule has 1 amide bonds. The zero-order chi connectivity index (χ0) is 27.1. The molecule has 0 aliphatic carbocycles. The predicted octanol–water partition coefficient (Wildman–Crippen LogP) is 6.21. The highest BCUT2D eigenvalue weighted by molar-refractivity contribution is 8.18. The normalized spacial score (nSPS) is 15.3. The van der Waals surface area contributed by atoms with Gasteiger partial charge in [-0.25, -0.2) is 14.2 Å². The summed E-state index contributed by atoms with van der Waals surface area (Å²) in [6.45, 7) is 4.55. The van der Waals surface area contributed by atoms with Gasteiger partial charge in [-0.15, -0.1) is 0 Å². The van der Waals surface area contributed by atoms with E-state index >= 15 is 0 Å². The predicted molar refractivity (Wildman–Crippen MR) is 146 cm³/mol. The Morgan fingerprint density at radius 1 is 1.00 bits per heavy atom. The first-order valence-corrected chi connectivity index (χ1v) is 12.9. The van der Waals surface area contributed by atoms with Crippen molar-refractivity contribution in [2.24, 2.45) is 4.99 Å². The lowest BCUT2D eigenvalue weighted by Gasteiger charge is -2.13. The fourth-order valence-corrected chi connectivity index (χ4v) is 4.58. The topological polar surface area (TPSA) is 77.4 Å². The standard InChI is InChI=1S/C29H27FN2O5S/c1-4-35-25-16-19(9-14-24(25)37-18-20-7-6-8-22(30)15-20)17-26-27(33)32(3)29(38-26)31-23-12-10-21(11-13-23)28(34)36-5-2/h6-17H,4-5,18H2,1-3H3/b26-17-,31-29?. The number of hydrogen-bond donors (Lipinski definition) is 0. The van der Waals surface area contributed by atoms with E-state index in [2.05, 4.69) is 4.99 Å². The van der Waals surface area contributed by atoms with Crippen LogP contribution in [0.4, 0.5) is 10.1 Å². The molecular weight excluding hydrogens is 507 g/mol. The molecule has 38 heavy (non-hydrogen) atoms. The maximum atomic E-state index is 13.5. The number of rotatable bonds is 9. The Bertz CT molecular complexity index is 1390. The lowest BCUT2D eigenvalue weighted by Crippen LogP contribution is -2.23. The van der Waals surface area contributed by atoms with Crippen LogP contribution in [-0.4, -0.2) is 42.2 Å². The fourth-order valence-electron chi connectivity index (χ4n) is 3.59. The van der Waals surface area contributed by atoms with Crippen molar-refractivity contribution < 1.29 is 28.2 Å². The molecule has 1 fully saturated rings. The second-order valence-electron chi connectivity index (χ2n) is 8.19. The maximum Gasteiger partial charge on any atom is 0.338 e. The summed E-state index contributed by atoms with van der Waals surface area (Å²) in [5, 5.41) is 0.519. The number of thioether (sulfide) groups is 1. The highest BCUT2D eigenvalue weighted by atomic mass is 32.2. The molecule has 9 heteroatoms. The number of amidine groups is 1. The Balaban J connectivity index is 1.50. The van der Waals surface area contributed by atoms with Crippen LogP contribution >= 0.6 is 11.8 Å². The number of amides is 1. The number of likely N-dealkylation sites (N-methyl/N-ethyl adjacent to an activating group) is 1. The van der Waals surface area contributed by atoms with Crippen molar-refractivity contribution in [3.63, 3.8) is 0 Å². The summed E-state index contributed by atoms with van der Waals surface area (Å²) in [5.74, 6) is 0.155. The van der Waals surface area contributed by atoms with Crippen LogP contribution in [-0.2, 0) is 16.1 Å². The number of hydrogen-bond acceptors (Lipinski definition) is 7. The van der Waals surface area contributed by atoms with Crippen molar-refractivity contribution in [2.45, 2.75) is 20.5 Å². The Kier molecular flexibility index (Phi) is 8.81. The molecule has 0 spiro atoms. The summed E-state index contributed by atoms with van der Waals surface area (Å²) in [6.07, 6.45) is 1.77. The second-order valence-corrected chi connectivity index (χ2v) is 9.20. The number of aliphatic imine (C=N–C) groups is 1. The quantitative estimate of drug-likeness (QED) is 0.240. The number of halogens is 1. The molecular formula is C29H27FN2O5S. The first-order valence-electron chi connectivity index (χ1n) is 12.1. The van der Waals surface area contributed by atoms with Gasteiger partial charge in [0.05, 0.1) is 29.4 Å². The third kappa shape index (κ3) is 6.60. The Morgan fingerprint density at radius 3 is 2.50 bits per heavy atom. The molecule has 0 bridgehead atoms. The number of esters is 1. The minimum absolute atomic E-state index is 0.179. The summed E-state index contributed by atoms with van der Waals surface area (Å²) < 4.78 is 30.1. The van der Waals surface area contributed by atoms with E-state index in [1.54, 1.807) is 68.6 Å². The Labute approximate surface area is 224 Å². The van der Waals surface area contributed by atoms with Gasteiger partial charge < -0.3 is 14.2 Å². The van der Waals surface area contributed by atoms with Gasteiger partial charge in [-0.05, 0) is 91.3 Å². The summed E-state index contributed by atoms with van der Waals surface area (Å²) >= 11 is 1.26. The number of carbonyl (C=O) groups is 2. The second kappa shape index (κ2) is 12.4. The summed E-state index contributed by atoms with van der Waals surface area (Å²) in [6, 6.07) is 18.3. The summed E-state index contributed by atoms with van der Waals surface area (Å²) in [5.41, 5.74) is 2.51. The van der Waals surface area contributed by atoms with E-state index in [9.17, 15) is 14.0 Å². The fraction of sp³-hybridized carbons (Fsp3) is 0.207. The third-order valence-corrected chi connectivity index (χ3v) is 6.52. The molecule has 0 aromatic heterocycles. The molecule has 0 atom stereocenters. The van der Waals surface area contributed by atoms with Crippen molar-refractivity contribution in [2.75, 3.05) is 20.3 Å². The lowest BCUT2D eigenvalue weighted by molar-refractivity contribution is -0.121. The van der Waals surface area contributed by atoms with Crippen LogP contribution in [0.1, 0.15) is 35.3 Å². The number of ether oxygens (including phenoxy) is 3. The molecule has 1 aliphatic heterocycles. The molecule has 1 aliphatic rings. The van der Waals surface area contributed by atoms with Crippen LogP contribution < -0.4 is 9.47 Å². The van der Waals surface area contributed by atoms with Crippen molar-refractivity contribution >= 4 is 40.6 Å². The van der Waals surface area contributed by atoms with E-state index < -0.39 is 5.97 Å². The van der Waals surface area contributed by atoms with E-state index in [1.807, 2.05) is 13.0 Å². The van der Waals surface area contributed by atoms with Crippen molar-refractivity contribution in [1.29, 1.82) is 0 Å². The van der Waals surface area contributed by atoms with E-state index in [1.165, 1.54) is 28.8 Å². The van der Waals surface area contributed by atoms with Crippen molar-refractivity contribution in [3.8, 4) is 11.5 Å². The van der Waals surface area contributed by atoms with Gasteiger partial charge in [0.15, 0.2) is 16.7 Å². The smallest absolute Gasteiger partial charge is 0.338 e. The van der Waals surface area contributed by atoms with Crippen LogP contribution in [0.3, 0.4) is 0 Å². The molecule has 0 saturated carbocycles. The van der Waals surface area contributed by atoms with Gasteiger partial charge in [0.2, 0.25) is 0 Å². The van der Waals surface area contributed by atoms with Gasteiger partial charge in [0.1, 0.15) is 12.4 Å². The van der Waals surface area contributed by atoms with Gasteiger partial charge in [-0.3, -0.25) is 9.69 Å². The molecule has 1 saturated heterocycles. The molecule has 3 aromatic rings. The summed E-state index contributed by atoms with van der Waals surface area (Å²) in [7, 11) is 1.66. The minimum atomic E-state index is -0.392. The lowest BCUT2D eigenvalue weighted by atomic mass is 10.1. The summed E-state index contributed by atoms with van der Waals surface area (Å²) in [4.78, 5) is 31.3. The van der Waals surface area contributed by atoms with Crippen molar-refractivity contribution in [1.82, 2.24) is 4.90 Å². The van der Waals surface area contributed by atoms with Crippen LogP contribution in [0.5, 0.6) is 11.5 Å². The maximum absolute atomic E-state index is 13.5. The molecule has 1 heterocycles. The van der Waals surface area contributed by atoms with Crippen molar-refractivity contribution in [3.05, 3.63) is 94.1 Å². The molecule has 7 nitrogen and oxygen atoms in total. The van der Waals surface area contributed by atoms with Gasteiger partial charge >= 0.3 is 5.97 Å². The molecule has 0 N–H and O–H groups in total. The Hall–Kier alpha value is -4.11. The van der Waals surface area contributed by atoms with Crippen LogP contribution in [0.25, 0.3) is 6.08 Å². The largest absolute Gasteiger partial charge is 0.490 e. The number of benzene rings is 3. The van der Waals surface area contributed by atoms with E-state index in [0.29, 0.717) is 51.6 Å². The highest BCUT2D eigenvalue weighted by Crippen LogP contribution is 2.35. The average Bonchev–Trinajstić information content (AvgIpc) is 3.16. The monoisotopic (exact) mass is 534 g/mol. The molecule has 196 valence electrons. The molecule has 3 aromatic carbocycles. The van der Waals surface area contributed by atoms with E-state index in [4.69, 9.17) is 14.2 Å². The minimum Gasteiger partial charge on any atom is -0.490 e. The zero-order valence-corrected chi connectivity index (χ0v) is 22.1. The van der Waals surface area contributed by atoms with Gasteiger partial charge in [-0.1, -0.05) is 18.2 Å². The molecule has 0 unspecified atom stereocenters. The van der Waals surface area contributed by atoms with Gasteiger partial charge in [0.25, 0.3) is 5.91 Å². The van der Waals surface area contributed by atoms with Gasteiger partial charge in [-0.2, -0.15) is 0 Å². The number of nitrogens with zero attached hydrogens (tertiary/aromatic N) is 2. The zero-order valence-electron chi connectivity index (χ0n) is 21.3. The van der Waals surface area contributed by atoms with Gasteiger partial charge in [0, 0.05) is 7.05 Å².